The molecule has 1 aromatic rings. The molecule has 1 rings (SSSR count). The summed E-state index contributed by atoms with van der Waals surface area (Å²) in [6, 6.07) is 4.42. The molecule has 0 bridgehead atoms. The highest BCUT2D eigenvalue weighted by Gasteiger charge is 2.18. The Hall–Kier alpha value is -1.95. The van der Waals surface area contributed by atoms with Crippen molar-refractivity contribution in [2.24, 2.45) is 5.73 Å². The first-order valence-corrected chi connectivity index (χ1v) is 6.05. The molecule has 0 aromatic heterocycles. The van der Waals surface area contributed by atoms with Crippen molar-refractivity contribution in [3.05, 3.63) is 31.0 Å². The van der Waals surface area contributed by atoms with Gasteiger partial charge in [0.2, 0.25) is 0 Å². The van der Waals surface area contributed by atoms with Gasteiger partial charge in [-0.05, 0) is 31.9 Å². The minimum absolute atomic E-state index is 0.426. The van der Waals surface area contributed by atoms with E-state index in [0.717, 1.165) is 0 Å². The summed E-state index contributed by atoms with van der Waals surface area (Å²) in [5.74, 6) is -2.09. The third-order valence-corrected chi connectivity index (χ3v) is 3.62. The summed E-state index contributed by atoms with van der Waals surface area (Å²) >= 11 is 5.52. The molecule has 0 aliphatic carbocycles. The number of nitrogens with two attached hydrogens (primary N) is 1. The van der Waals surface area contributed by atoms with Crippen molar-refractivity contribution in [1.82, 2.24) is 0 Å². The molecule has 0 spiro atoms. The molecule has 0 amide bonds. The Morgan fingerprint density at radius 2 is 1.32 bits per heavy atom. The first-order valence-electron chi connectivity index (χ1n) is 4.47. The number of halogens is 4. The number of nitriles is 3. The highest BCUT2D eigenvalue weighted by atomic mass is 79.9. The minimum Gasteiger partial charge on any atom is -0.390 e. The molecule has 0 saturated heterocycles. The Morgan fingerprint density at radius 1 is 0.895 bits per heavy atom. The second-order valence-corrected chi connectivity index (χ2v) is 4.72. The van der Waals surface area contributed by atoms with E-state index in [1.54, 1.807) is 0 Å². The van der Waals surface area contributed by atoms with E-state index in [-0.39, 0.29) is 0 Å². The van der Waals surface area contributed by atoms with Crippen molar-refractivity contribution in [2.75, 3.05) is 0 Å². The zero-order chi connectivity index (χ0) is 14.7. The van der Waals surface area contributed by atoms with Gasteiger partial charge in [0.05, 0.1) is 19.4 Å². The molecule has 0 fully saturated rings. The fourth-order valence-corrected chi connectivity index (χ4v) is 2.44. The average molecular weight is 388 g/mol. The molecule has 0 heterocycles. The molecule has 0 aliphatic rings. The molecular weight excluding hydrogens is 386 g/mol. The third-order valence-electron chi connectivity index (χ3n) is 2.13. The standard InChI is InChI=1S/C11H2Br2F2N4/c12-8-6(4(1-16)2-17)10(14)9(13)7(11(8)15)5(19)3-18/h19H2/b7-5-. The van der Waals surface area contributed by atoms with Gasteiger partial charge in [0, 0.05) is 0 Å². The maximum Gasteiger partial charge on any atom is 0.149 e. The summed E-state index contributed by atoms with van der Waals surface area (Å²) in [7, 11) is 0. The molecule has 0 aliphatic heterocycles. The zero-order valence-electron chi connectivity index (χ0n) is 8.93. The highest BCUT2D eigenvalue weighted by Crippen LogP contribution is 2.16. The Balaban J connectivity index is 4.28. The predicted molar refractivity (Wildman–Crippen MR) is 68.9 cm³/mol. The Bertz CT molecular complexity index is 759. The van der Waals surface area contributed by atoms with Crippen LogP contribution in [0.15, 0.2) is 8.95 Å². The van der Waals surface area contributed by atoms with Crippen molar-refractivity contribution in [3.8, 4) is 18.2 Å². The zero-order valence-corrected chi connectivity index (χ0v) is 12.1. The lowest BCUT2D eigenvalue weighted by atomic mass is 10.1. The largest absolute Gasteiger partial charge is 0.390 e. The van der Waals surface area contributed by atoms with Gasteiger partial charge in [-0.25, -0.2) is 8.78 Å². The van der Waals surface area contributed by atoms with Crippen molar-refractivity contribution >= 4 is 43.1 Å². The molecule has 1 aromatic carbocycles. The van der Waals surface area contributed by atoms with Gasteiger partial charge in [0.15, 0.2) is 0 Å². The van der Waals surface area contributed by atoms with Gasteiger partial charge < -0.3 is 5.73 Å². The first kappa shape index (κ1) is 15.1. The number of hydrogen-bond acceptors (Lipinski definition) is 4. The average Bonchev–Trinajstić information content (AvgIpc) is 2.41. The number of nitrogens with zero attached hydrogens (tertiary/aromatic N) is 3. The smallest absolute Gasteiger partial charge is 0.149 e. The van der Waals surface area contributed by atoms with Crippen molar-refractivity contribution < 1.29 is 8.78 Å². The van der Waals surface area contributed by atoms with E-state index in [4.69, 9.17) is 21.5 Å². The number of rotatable bonds is 0. The molecule has 0 unspecified atom stereocenters. The number of hydrogen-bond donors (Lipinski definition) is 1. The summed E-state index contributed by atoms with van der Waals surface area (Å²) in [6.07, 6.45) is 0. The van der Waals surface area contributed by atoms with E-state index in [1.807, 2.05) is 0 Å². The lowest BCUT2D eigenvalue weighted by molar-refractivity contribution is 0.572. The number of benzene rings is 1. The molecule has 0 saturated carbocycles. The lowest BCUT2D eigenvalue weighted by Crippen LogP contribution is -2.28. The van der Waals surface area contributed by atoms with Crippen LogP contribution in [-0.4, -0.2) is 0 Å². The summed E-state index contributed by atoms with van der Waals surface area (Å²) < 4.78 is 27.3. The molecule has 2 N–H and O–H groups in total. The second kappa shape index (κ2) is 5.79. The van der Waals surface area contributed by atoms with Gasteiger partial charge in [-0.2, -0.15) is 15.8 Å². The van der Waals surface area contributed by atoms with Crippen LogP contribution in [0.2, 0.25) is 0 Å². The minimum atomic E-state index is -1.06. The summed E-state index contributed by atoms with van der Waals surface area (Å²) in [5, 5.41) is 25.1. The van der Waals surface area contributed by atoms with Crippen molar-refractivity contribution in [1.29, 1.82) is 15.8 Å². The third kappa shape index (κ3) is 2.44. The molecule has 8 heteroatoms. The van der Waals surface area contributed by atoms with Gasteiger partial charge in [0.25, 0.3) is 0 Å². The molecule has 0 radical (unpaired) electrons. The normalized spacial score (nSPS) is 11.0. The van der Waals surface area contributed by atoms with E-state index in [1.165, 1.54) is 18.2 Å². The van der Waals surface area contributed by atoms with Crippen LogP contribution in [0, 0.1) is 45.6 Å². The molecular formula is C11H2Br2F2N4. The van der Waals surface area contributed by atoms with Gasteiger partial charge in [-0.1, -0.05) is 0 Å². The van der Waals surface area contributed by atoms with E-state index in [9.17, 15) is 8.78 Å². The fraction of sp³-hybridized carbons (Fsp3) is 0. The summed E-state index contributed by atoms with van der Waals surface area (Å²) in [4.78, 5) is 0. The van der Waals surface area contributed by atoms with E-state index in [0.29, 0.717) is 0 Å². The van der Waals surface area contributed by atoms with Crippen LogP contribution in [0.4, 0.5) is 8.78 Å². The molecule has 0 atom stereocenters. The van der Waals surface area contributed by atoms with E-state index < -0.39 is 42.3 Å². The second-order valence-electron chi connectivity index (χ2n) is 3.13. The predicted octanol–water partition coefficient (Wildman–Crippen LogP) is 1.28. The van der Waals surface area contributed by atoms with Crippen molar-refractivity contribution in [2.45, 2.75) is 0 Å². The maximum absolute atomic E-state index is 14.1. The Kier molecular flexibility index (Phi) is 4.61. The lowest BCUT2D eigenvalue weighted by Gasteiger charge is -2.04. The van der Waals surface area contributed by atoms with Crippen LogP contribution in [-0.2, 0) is 0 Å². The Labute approximate surface area is 122 Å². The van der Waals surface area contributed by atoms with Crippen LogP contribution in [0.1, 0.15) is 0 Å². The van der Waals surface area contributed by atoms with E-state index in [2.05, 4.69) is 31.9 Å². The van der Waals surface area contributed by atoms with Crippen LogP contribution in [0.25, 0.3) is 11.3 Å². The maximum atomic E-state index is 14.1. The Morgan fingerprint density at radius 3 is 1.74 bits per heavy atom. The summed E-state index contributed by atoms with van der Waals surface area (Å²) in [5.41, 5.74) is 4.14. The molecule has 94 valence electrons. The van der Waals surface area contributed by atoms with Crippen LogP contribution >= 0.6 is 31.9 Å². The fourth-order valence-electron chi connectivity index (χ4n) is 1.28. The van der Waals surface area contributed by atoms with Crippen LogP contribution in [0.5, 0.6) is 0 Å². The quantitative estimate of drug-likeness (QED) is 0.678. The SMILES string of the molecule is N#CC(C#N)=c1c(F)c(Br)/c(=C(/N)C#N)c(F)c1Br. The molecule has 19 heavy (non-hydrogen) atoms. The van der Waals surface area contributed by atoms with Gasteiger partial charge in [0.1, 0.15) is 41.1 Å². The van der Waals surface area contributed by atoms with Gasteiger partial charge in [-0.15, -0.1) is 0 Å². The highest BCUT2D eigenvalue weighted by molar-refractivity contribution is 9.11. The van der Waals surface area contributed by atoms with Crippen LogP contribution in [0.3, 0.4) is 0 Å². The molecule has 4 nitrogen and oxygen atoms in total. The monoisotopic (exact) mass is 386 g/mol. The van der Waals surface area contributed by atoms with Crippen molar-refractivity contribution in [3.63, 3.8) is 0 Å². The topological polar surface area (TPSA) is 97.4 Å². The van der Waals surface area contributed by atoms with E-state index >= 15 is 0 Å². The first-order chi connectivity index (χ1) is 8.90. The van der Waals surface area contributed by atoms with Crippen LogP contribution < -0.4 is 16.2 Å². The summed E-state index contributed by atoms with van der Waals surface area (Å²) in [6.45, 7) is 0. The van der Waals surface area contributed by atoms with Gasteiger partial charge >= 0.3 is 0 Å². The van der Waals surface area contributed by atoms with Gasteiger partial charge in [-0.3, -0.25) is 0 Å².